The van der Waals surface area contributed by atoms with Crippen molar-refractivity contribution in [2.45, 2.75) is 13.5 Å². The van der Waals surface area contributed by atoms with Crippen LogP contribution in [0.2, 0.25) is 5.02 Å². The molecular formula is C22H17ClN2O2. The molecule has 2 heterocycles. The number of hydrogen-bond donors (Lipinski definition) is 0. The monoisotopic (exact) mass is 376 g/mol. The minimum absolute atomic E-state index is 0.234. The van der Waals surface area contributed by atoms with E-state index >= 15 is 0 Å². The van der Waals surface area contributed by atoms with Crippen LogP contribution in [0.4, 0.5) is 5.82 Å². The van der Waals surface area contributed by atoms with E-state index in [1.54, 1.807) is 23.2 Å². The van der Waals surface area contributed by atoms with Crippen LogP contribution in [0.5, 0.6) is 0 Å². The van der Waals surface area contributed by atoms with E-state index < -0.39 is 0 Å². The summed E-state index contributed by atoms with van der Waals surface area (Å²) in [6.45, 7) is 2.24. The second kappa shape index (κ2) is 7.25. The highest BCUT2D eigenvalue weighted by Gasteiger charge is 2.25. The molecule has 0 saturated carbocycles. The van der Waals surface area contributed by atoms with Gasteiger partial charge in [0, 0.05) is 22.2 Å². The summed E-state index contributed by atoms with van der Waals surface area (Å²) in [5, 5.41) is 1.56. The summed E-state index contributed by atoms with van der Waals surface area (Å²) >= 11 is 6.11. The first-order valence-electron chi connectivity index (χ1n) is 8.59. The molecular weight excluding hydrogens is 360 g/mol. The SMILES string of the molecule is Cc1c(C(=O)N(Cc2cccc(Cl)c2)c2ccccn2)oc2ccccc12. The molecule has 0 aliphatic carbocycles. The highest BCUT2D eigenvalue weighted by atomic mass is 35.5. The van der Waals surface area contributed by atoms with Gasteiger partial charge >= 0.3 is 0 Å². The number of halogens is 1. The number of amides is 1. The molecule has 4 rings (SSSR count). The van der Waals surface area contributed by atoms with E-state index in [-0.39, 0.29) is 5.91 Å². The van der Waals surface area contributed by atoms with Crippen molar-refractivity contribution < 1.29 is 9.21 Å². The number of anilines is 1. The maximum absolute atomic E-state index is 13.4. The average Bonchev–Trinajstić information content (AvgIpc) is 3.03. The van der Waals surface area contributed by atoms with Crippen molar-refractivity contribution in [1.82, 2.24) is 4.98 Å². The number of benzene rings is 2. The molecule has 0 bridgehead atoms. The summed E-state index contributed by atoms with van der Waals surface area (Å²) in [7, 11) is 0. The zero-order valence-corrected chi connectivity index (χ0v) is 15.5. The lowest BCUT2D eigenvalue weighted by atomic mass is 10.1. The van der Waals surface area contributed by atoms with Crippen molar-refractivity contribution in [3.8, 4) is 0 Å². The van der Waals surface area contributed by atoms with Crippen LogP contribution in [0.1, 0.15) is 21.7 Å². The van der Waals surface area contributed by atoms with Crippen LogP contribution in [0, 0.1) is 6.92 Å². The van der Waals surface area contributed by atoms with Gasteiger partial charge < -0.3 is 4.42 Å². The molecule has 134 valence electrons. The number of fused-ring (bicyclic) bond motifs is 1. The Bertz CT molecular complexity index is 1110. The van der Waals surface area contributed by atoms with Crippen molar-refractivity contribution in [1.29, 1.82) is 0 Å². The van der Waals surface area contributed by atoms with Crippen LogP contribution >= 0.6 is 11.6 Å². The van der Waals surface area contributed by atoms with Gasteiger partial charge in [0.1, 0.15) is 11.4 Å². The molecule has 5 heteroatoms. The third-order valence-corrected chi connectivity index (χ3v) is 4.67. The van der Waals surface area contributed by atoms with E-state index in [2.05, 4.69) is 4.98 Å². The third-order valence-electron chi connectivity index (χ3n) is 4.44. The molecule has 0 N–H and O–H groups in total. The largest absolute Gasteiger partial charge is 0.451 e. The van der Waals surface area contributed by atoms with Crippen LogP contribution < -0.4 is 4.90 Å². The van der Waals surface area contributed by atoms with Gasteiger partial charge in [-0.1, -0.05) is 48.0 Å². The van der Waals surface area contributed by atoms with Gasteiger partial charge in [-0.3, -0.25) is 9.69 Å². The minimum atomic E-state index is -0.234. The van der Waals surface area contributed by atoms with Crippen molar-refractivity contribution >= 4 is 34.3 Å². The molecule has 27 heavy (non-hydrogen) atoms. The molecule has 2 aromatic carbocycles. The number of aryl methyl sites for hydroxylation is 1. The number of furan rings is 1. The van der Waals surface area contributed by atoms with E-state index in [0.717, 1.165) is 16.5 Å². The van der Waals surface area contributed by atoms with Crippen molar-refractivity contribution in [3.63, 3.8) is 0 Å². The van der Waals surface area contributed by atoms with Crippen LogP contribution in [0.15, 0.2) is 77.3 Å². The number of carbonyl (C=O) groups is 1. The van der Waals surface area contributed by atoms with Crippen molar-refractivity contribution in [2.24, 2.45) is 0 Å². The predicted octanol–water partition coefficient (Wildman–Crippen LogP) is 5.64. The number of para-hydroxylation sites is 1. The Kier molecular flexibility index (Phi) is 4.65. The lowest BCUT2D eigenvalue weighted by molar-refractivity contribution is 0.0959. The maximum atomic E-state index is 13.4. The quantitative estimate of drug-likeness (QED) is 0.463. The lowest BCUT2D eigenvalue weighted by Crippen LogP contribution is -2.31. The Balaban J connectivity index is 1.77. The number of nitrogens with zero attached hydrogens (tertiary/aromatic N) is 2. The molecule has 0 unspecified atom stereocenters. The Labute approximate surface area is 162 Å². The van der Waals surface area contributed by atoms with Crippen LogP contribution in [-0.2, 0) is 6.54 Å². The number of pyridine rings is 1. The fourth-order valence-corrected chi connectivity index (χ4v) is 3.30. The number of carbonyl (C=O) groups excluding carboxylic acids is 1. The molecule has 0 atom stereocenters. The molecule has 1 amide bonds. The Hall–Kier alpha value is -3.11. The minimum Gasteiger partial charge on any atom is -0.451 e. The fraction of sp³-hybridized carbons (Fsp3) is 0.0909. The van der Waals surface area contributed by atoms with Gasteiger partial charge in [-0.25, -0.2) is 4.98 Å². The van der Waals surface area contributed by atoms with E-state index in [4.69, 9.17) is 16.0 Å². The first-order valence-corrected chi connectivity index (χ1v) is 8.97. The molecule has 0 spiro atoms. The zero-order valence-electron chi connectivity index (χ0n) is 14.7. The Morgan fingerprint density at radius 2 is 1.89 bits per heavy atom. The highest BCUT2D eigenvalue weighted by Crippen LogP contribution is 2.28. The normalized spacial score (nSPS) is 10.9. The summed E-state index contributed by atoms with van der Waals surface area (Å²) in [6, 6.07) is 20.6. The Morgan fingerprint density at radius 3 is 2.63 bits per heavy atom. The van der Waals surface area contributed by atoms with Crippen molar-refractivity contribution in [3.05, 3.63) is 94.8 Å². The predicted molar refractivity (Wildman–Crippen MR) is 107 cm³/mol. The second-order valence-corrected chi connectivity index (χ2v) is 6.70. The van der Waals surface area contributed by atoms with Gasteiger partial charge in [-0.05, 0) is 42.8 Å². The molecule has 0 aliphatic rings. The topological polar surface area (TPSA) is 46.3 Å². The summed E-state index contributed by atoms with van der Waals surface area (Å²) < 4.78 is 5.88. The van der Waals surface area contributed by atoms with Gasteiger partial charge in [-0.2, -0.15) is 0 Å². The molecule has 0 radical (unpaired) electrons. The third kappa shape index (κ3) is 3.44. The first kappa shape index (κ1) is 17.3. The molecule has 4 aromatic rings. The molecule has 0 fully saturated rings. The maximum Gasteiger partial charge on any atom is 0.295 e. The molecule has 0 saturated heterocycles. The fourth-order valence-electron chi connectivity index (χ4n) is 3.09. The average molecular weight is 377 g/mol. The smallest absolute Gasteiger partial charge is 0.295 e. The molecule has 2 aromatic heterocycles. The van der Waals surface area contributed by atoms with Crippen LogP contribution in [-0.4, -0.2) is 10.9 Å². The molecule has 0 aliphatic heterocycles. The van der Waals surface area contributed by atoms with E-state index in [9.17, 15) is 4.79 Å². The van der Waals surface area contributed by atoms with Crippen LogP contribution in [0.3, 0.4) is 0 Å². The summed E-state index contributed by atoms with van der Waals surface area (Å²) in [5.74, 6) is 0.647. The van der Waals surface area contributed by atoms with E-state index in [1.165, 1.54) is 0 Å². The second-order valence-electron chi connectivity index (χ2n) is 6.26. The van der Waals surface area contributed by atoms with Crippen LogP contribution in [0.25, 0.3) is 11.0 Å². The van der Waals surface area contributed by atoms with E-state index in [0.29, 0.717) is 28.7 Å². The Morgan fingerprint density at radius 1 is 1.07 bits per heavy atom. The molecule has 4 nitrogen and oxygen atoms in total. The lowest BCUT2D eigenvalue weighted by Gasteiger charge is -2.21. The van der Waals surface area contributed by atoms with Gasteiger partial charge in [0.2, 0.25) is 0 Å². The first-order chi connectivity index (χ1) is 13.1. The van der Waals surface area contributed by atoms with Gasteiger partial charge in [0.15, 0.2) is 5.76 Å². The summed E-state index contributed by atoms with van der Waals surface area (Å²) in [5.41, 5.74) is 2.43. The van der Waals surface area contributed by atoms with Gasteiger partial charge in [0.05, 0.1) is 6.54 Å². The summed E-state index contributed by atoms with van der Waals surface area (Å²) in [4.78, 5) is 19.4. The van der Waals surface area contributed by atoms with Crippen molar-refractivity contribution in [2.75, 3.05) is 4.90 Å². The van der Waals surface area contributed by atoms with E-state index in [1.807, 2.05) is 61.5 Å². The number of hydrogen-bond acceptors (Lipinski definition) is 3. The number of aromatic nitrogens is 1. The standard InChI is InChI=1S/C22H17ClN2O2/c1-15-18-9-2-3-10-19(18)27-21(15)22(26)25(20-11-4-5-12-24-20)14-16-7-6-8-17(23)13-16/h2-13H,14H2,1H3. The number of rotatable bonds is 4. The highest BCUT2D eigenvalue weighted by molar-refractivity contribution is 6.30. The zero-order chi connectivity index (χ0) is 18.8. The summed E-state index contributed by atoms with van der Waals surface area (Å²) in [6.07, 6.45) is 1.67. The van der Waals surface area contributed by atoms with Gasteiger partial charge in [-0.15, -0.1) is 0 Å². The van der Waals surface area contributed by atoms with Gasteiger partial charge in [0.25, 0.3) is 5.91 Å².